The topological polar surface area (TPSA) is 75.4 Å². The molecule has 1 saturated heterocycles. The third-order valence-corrected chi connectivity index (χ3v) is 4.92. The quantitative estimate of drug-likeness (QED) is 0.746. The van der Waals surface area contributed by atoms with Crippen molar-refractivity contribution < 1.29 is 9.59 Å². The molecule has 1 fully saturated rings. The Morgan fingerprint density at radius 1 is 1.36 bits per heavy atom. The van der Waals surface area contributed by atoms with Gasteiger partial charge in [0.1, 0.15) is 0 Å². The van der Waals surface area contributed by atoms with Crippen LogP contribution in [0.2, 0.25) is 0 Å². The van der Waals surface area contributed by atoms with Gasteiger partial charge in [0.2, 0.25) is 11.8 Å². The Labute approximate surface area is 151 Å². The molecular formula is C20H31N3O2. The molecule has 138 valence electrons. The fourth-order valence-corrected chi connectivity index (χ4v) is 3.45. The fourth-order valence-electron chi connectivity index (χ4n) is 3.45. The van der Waals surface area contributed by atoms with Crippen LogP contribution >= 0.6 is 0 Å². The summed E-state index contributed by atoms with van der Waals surface area (Å²) in [6, 6.07) is 7.86. The van der Waals surface area contributed by atoms with Gasteiger partial charge in [-0.25, -0.2) is 0 Å². The van der Waals surface area contributed by atoms with Gasteiger partial charge in [0.15, 0.2) is 0 Å². The van der Waals surface area contributed by atoms with E-state index >= 15 is 0 Å². The number of nitrogens with two attached hydrogens (primary N) is 1. The zero-order valence-corrected chi connectivity index (χ0v) is 15.5. The zero-order chi connectivity index (χ0) is 18.2. The minimum Gasteiger partial charge on any atom is -0.399 e. The van der Waals surface area contributed by atoms with Gasteiger partial charge in [-0.05, 0) is 44.2 Å². The summed E-state index contributed by atoms with van der Waals surface area (Å²) in [4.78, 5) is 26.8. The number of hydrogen-bond acceptors (Lipinski definition) is 3. The van der Waals surface area contributed by atoms with E-state index in [1.165, 1.54) is 0 Å². The lowest BCUT2D eigenvalue weighted by Gasteiger charge is -2.32. The van der Waals surface area contributed by atoms with Crippen molar-refractivity contribution in [2.45, 2.75) is 58.4 Å². The summed E-state index contributed by atoms with van der Waals surface area (Å²) in [6.07, 6.45) is 4.87. The van der Waals surface area contributed by atoms with E-state index in [-0.39, 0.29) is 23.8 Å². The Morgan fingerprint density at radius 3 is 2.84 bits per heavy atom. The first-order chi connectivity index (χ1) is 12.0. The van der Waals surface area contributed by atoms with Crippen LogP contribution < -0.4 is 11.1 Å². The number of nitrogens with one attached hydrogen (secondary N) is 1. The van der Waals surface area contributed by atoms with E-state index in [0.717, 1.165) is 43.5 Å². The lowest BCUT2D eigenvalue weighted by Crippen LogP contribution is -2.47. The van der Waals surface area contributed by atoms with Gasteiger partial charge in [-0.1, -0.05) is 31.5 Å². The maximum atomic E-state index is 12.5. The van der Waals surface area contributed by atoms with E-state index in [9.17, 15) is 9.59 Å². The third-order valence-electron chi connectivity index (χ3n) is 4.92. The molecule has 0 spiro atoms. The molecule has 1 aliphatic rings. The first-order valence-corrected chi connectivity index (χ1v) is 9.42. The Hall–Kier alpha value is -2.04. The standard InChI is InChI=1S/C20H31N3O2/c1-3-7-15(2)22-20(25)17-9-6-13-23(14-17)19(24)12-11-16-8-4-5-10-18(16)21/h4-5,8,10,15,17H,3,6-7,9,11-14,21H2,1-2H3,(H,22,25). The molecule has 5 nitrogen and oxygen atoms in total. The highest BCUT2D eigenvalue weighted by Gasteiger charge is 2.28. The van der Waals surface area contributed by atoms with E-state index in [4.69, 9.17) is 5.73 Å². The number of nitrogen functional groups attached to an aromatic ring is 1. The van der Waals surface area contributed by atoms with Gasteiger partial charge in [0.25, 0.3) is 0 Å². The van der Waals surface area contributed by atoms with E-state index < -0.39 is 0 Å². The molecular weight excluding hydrogens is 314 g/mol. The molecule has 0 bridgehead atoms. The van der Waals surface area contributed by atoms with Gasteiger partial charge in [0.05, 0.1) is 5.92 Å². The van der Waals surface area contributed by atoms with Crippen molar-refractivity contribution in [3.63, 3.8) is 0 Å². The minimum absolute atomic E-state index is 0.0844. The van der Waals surface area contributed by atoms with Gasteiger partial charge in [-0.3, -0.25) is 9.59 Å². The number of hydrogen-bond donors (Lipinski definition) is 2. The maximum absolute atomic E-state index is 12.5. The molecule has 2 rings (SSSR count). The Balaban J connectivity index is 1.84. The molecule has 25 heavy (non-hydrogen) atoms. The highest BCUT2D eigenvalue weighted by molar-refractivity contribution is 5.81. The minimum atomic E-state index is -0.0844. The smallest absolute Gasteiger partial charge is 0.225 e. The van der Waals surface area contributed by atoms with E-state index in [1.54, 1.807) is 0 Å². The summed E-state index contributed by atoms with van der Waals surface area (Å²) in [5.41, 5.74) is 7.68. The number of rotatable bonds is 7. The average Bonchev–Trinajstić information content (AvgIpc) is 2.61. The number of carbonyl (C=O) groups excluding carboxylic acids is 2. The molecule has 1 aromatic carbocycles. The van der Waals surface area contributed by atoms with Crippen LogP contribution in [0.4, 0.5) is 5.69 Å². The van der Waals surface area contributed by atoms with Crippen molar-refractivity contribution in [1.29, 1.82) is 0 Å². The summed E-state index contributed by atoms with van der Waals surface area (Å²) >= 11 is 0. The second-order valence-corrected chi connectivity index (χ2v) is 7.08. The Bertz CT molecular complexity index is 588. The van der Waals surface area contributed by atoms with Gasteiger partial charge in [-0.2, -0.15) is 0 Å². The predicted octanol–water partition coefficient (Wildman–Crippen LogP) is 2.74. The normalized spacial score (nSPS) is 18.6. The molecule has 1 heterocycles. The van der Waals surface area contributed by atoms with Crippen molar-refractivity contribution in [2.24, 2.45) is 5.92 Å². The second-order valence-electron chi connectivity index (χ2n) is 7.08. The number of benzene rings is 1. The number of likely N-dealkylation sites (tertiary alicyclic amines) is 1. The highest BCUT2D eigenvalue weighted by Crippen LogP contribution is 2.19. The molecule has 1 aromatic rings. The van der Waals surface area contributed by atoms with Crippen LogP contribution in [-0.2, 0) is 16.0 Å². The number of aryl methyl sites for hydroxylation is 1. The summed E-state index contributed by atoms with van der Waals surface area (Å²) in [5.74, 6) is 0.118. The van der Waals surface area contributed by atoms with Crippen molar-refractivity contribution in [3.8, 4) is 0 Å². The van der Waals surface area contributed by atoms with Gasteiger partial charge >= 0.3 is 0 Å². The monoisotopic (exact) mass is 345 g/mol. The molecule has 0 aromatic heterocycles. The lowest BCUT2D eigenvalue weighted by molar-refractivity contribution is -0.135. The molecule has 0 radical (unpaired) electrons. The average molecular weight is 345 g/mol. The summed E-state index contributed by atoms with van der Waals surface area (Å²) in [7, 11) is 0. The van der Waals surface area contributed by atoms with Crippen molar-refractivity contribution >= 4 is 17.5 Å². The van der Waals surface area contributed by atoms with Crippen LogP contribution in [0.25, 0.3) is 0 Å². The molecule has 5 heteroatoms. The maximum Gasteiger partial charge on any atom is 0.225 e. The number of anilines is 1. The molecule has 2 amide bonds. The molecule has 2 atom stereocenters. The Kier molecular flexibility index (Phi) is 7.29. The number of amides is 2. The lowest BCUT2D eigenvalue weighted by atomic mass is 9.96. The highest BCUT2D eigenvalue weighted by atomic mass is 16.2. The second kappa shape index (κ2) is 9.44. The van der Waals surface area contributed by atoms with Gasteiger partial charge in [-0.15, -0.1) is 0 Å². The fraction of sp³-hybridized carbons (Fsp3) is 0.600. The van der Waals surface area contributed by atoms with Crippen molar-refractivity contribution in [1.82, 2.24) is 10.2 Å². The number of para-hydroxylation sites is 1. The summed E-state index contributed by atoms with van der Waals surface area (Å²) in [6.45, 7) is 5.44. The molecule has 1 aliphatic heterocycles. The van der Waals surface area contributed by atoms with Crippen LogP contribution in [0.15, 0.2) is 24.3 Å². The number of piperidine rings is 1. The van der Waals surface area contributed by atoms with Gasteiger partial charge < -0.3 is 16.0 Å². The first-order valence-electron chi connectivity index (χ1n) is 9.42. The SMILES string of the molecule is CCCC(C)NC(=O)C1CCCN(C(=O)CCc2ccccc2N)C1. The van der Waals surface area contributed by atoms with Crippen molar-refractivity contribution in [3.05, 3.63) is 29.8 Å². The van der Waals surface area contributed by atoms with E-state index in [1.807, 2.05) is 36.1 Å². The van der Waals surface area contributed by atoms with Crippen LogP contribution in [0.1, 0.15) is 51.5 Å². The first kappa shape index (κ1) is 19.3. The van der Waals surface area contributed by atoms with Crippen LogP contribution in [0.3, 0.4) is 0 Å². The Morgan fingerprint density at radius 2 is 2.12 bits per heavy atom. The third kappa shape index (κ3) is 5.76. The van der Waals surface area contributed by atoms with Crippen molar-refractivity contribution in [2.75, 3.05) is 18.8 Å². The van der Waals surface area contributed by atoms with E-state index in [2.05, 4.69) is 12.2 Å². The molecule has 0 saturated carbocycles. The van der Waals surface area contributed by atoms with E-state index in [0.29, 0.717) is 19.4 Å². The molecule has 2 unspecified atom stereocenters. The van der Waals surface area contributed by atoms with Crippen LogP contribution in [0.5, 0.6) is 0 Å². The van der Waals surface area contributed by atoms with Crippen LogP contribution in [-0.4, -0.2) is 35.8 Å². The number of nitrogens with zero attached hydrogens (tertiary/aromatic N) is 1. The van der Waals surface area contributed by atoms with Crippen LogP contribution in [0, 0.1) is 5.92 Å². The van der Waals surface area contributed by atoms with Gasteiger partial charge in [0, 0.05) is 31.2 Å². The summed E-state index contributed by atoms with van der Waals surface area (Å²) in [5, 5.41) is 3.08. The largest absolute Gasteiger partial charge is 0.399 e. The number of carbonyl (C=O) groups is 2. The molecule has 3 N–H and O–H groups in total. The molecule has 0 aliphatic carbocycles. The predicted molar refractivity (Wildman–Crippen MR) is 101 cm³/mol. The summed E-state index contributed by atoms with van der Waals surface area (Å²) < 4.78 is 0. The zero-order valence-electron chi connectivity index (χ0n) is 15.5.